The maximum absolute atomic E-state index is 9.48. The van der Waals surface area contributed by atoms with Crippen molar-refractivity contribution < 1.29 is 9.59 Å². The molecule has 0 spiro atoms. The van der Waals surface area contributed by atoms with Crippen molar-refractivity contribution in [3.05, 3.63) is 24.3 Å². The molecular formula is C10H16O2. The second-order valence-electron chi connectivity index (χ2n) is 1.94. The standard InChI is InChI=1S/2C5H8O/c2*1-2-3-4-5-6/h2*3-5H,2H2,1H3. The monoisotopic (exact) mass is 168 g/mol. The molecule has 68 valence electrons. The third-order valence-corrected chi connectivity index (χ3v) is 0.901. The van der Waals surface area contributed by atoms with Gasteiger partial charge in [-0.2, -0.15) is 0 Å². The van der Waals surface area contributed by atoms with E-state index in [0.717, 1.165) is 25.4 Å². The fourth-order valence-electron chi connectivity index (χ4n) is 0.383. The number of carbonyl (C=O) groups excluding carboxylic acids is 2. The van der Waals surface area contributed by atoms with Crippen LogP contribution in [-0.2, 0) is 9.59 Å². The van der Waals surface area contributed by atoms with Crippen molar-refractivity contribution in [2.24, 2.45) is 0 Å². The first kappa shape index (κ1) is 13.4. The summed E-state index contributed by atoms with van der Waals surface area (Å²) in [5.41, 5.74) is 0. The van der Waals surface area contributed by atoms with Gasteiger partial charge in [0.1, 0.15) is 12.6 Å². The van der Waals surface area contributed by atoms with Gasteiger partial charge in [0.2, 0.25) is 0 Å². The van der Waals surface area contributed by atoms with Crippen LogP contribution in [-0.4, -0.2) is 12.6 Å². The molecule has 0 radical (unpaired) electrons. The third kappa shape index (κ3) is 23.2. The highest BCUT2D eigenvalue weighted by molar-refractivity contribution is 5.64. The Bertz CT molecular complexity index is 128. The molecule has 2 heteroatoms. The smallest absolute Gasteiger partial charge is 0.142 e. The molecule has 0 aromatic rings. The molecule has 12 heavy (non-hydrogen) atoms. The van der Waals surface area contributed by atoms with Crippen molar-refractivity contribution in [2.75, 3.05) is 0 Å². The Balaban J connectivity index is 0. The molecule has 0 aliphatic heterocycles. The summed E-state index contributed by atoms with van der Waals surface area (Å²) in [6.07, 6.45) is 10.1. The van der Waals surface area contributed by atoms with Crippen molar-refractivity contribution in [3.63, 3.8) is 0 Å². The Morgan fingerprint density at radius 1 is 0.833 bits per heavy atom. The molecule has 0 saturated carbocycles. The predicted molar refractivity (Wildman–Crippen MR) is 51.0 cm³/mol. The molecule has 0 aliphatic rings. The van der Waals surface area contributed by atoms with Gasteiger partial charge in [0.25, 0.3) is 0 Å². The van der Waals surface area contributed by atoms with E-state index < -0.39 is 0 Å². The largest absolute Gasteiger partial charge is 0.299 e. The molecule has 0 saturated heterocycles. The van der Waals surface area contributed by atoms with Crippen LogP contribution in [0.2, 0.25) is 0 Å². The fraction of sp³-hybridized carbons (Fsp3) is 0.400. The average Bonchev–Trinajstić information content (AvgIpc) is 2.12. The summed E-state index contributed by atoms with van der Waals surface area (Å²) in [4.78, 5) is 19.0. The Labute approximate surface area is 74.0 Å². The lowest BCUT2D eigenvalue weighted by Gasteiger charge is -1.65. The third-order valence-electron chi connectivity index (χ3n) is 0.901. The van der Waals surface area contributed by atoms with Crippen molar-refractivity contribution in [1.29, 1.82) is 0 Å². The first-order chi connectivity index (χ1) is 5.83. The summed E-state index contributed by atoms with van der Waals surface area (Å²) in [5, 5.41) is 0. The van der Waals surface area contributed by atoms with E-state index in [-0.39, 0.29) is 0 Å². The van der Waals surface area contributed by atoms with E-state index in [4.69, 9.17) is 0 Å². The van der Waals surface area contributed by atoms with Gasteiger partial charge in [-0.15, -0.1) is 0 Å². The first-order valence-electron chi connectivity index (χ1n) is 4.04. The predicted octanol–water partition coefficient (Wildman–Crippen LogP) is 2.30. The molecule has 0 atom stereocenters. The highest BCUT2D eigenvalue weighted by Gasteiger charge is 1.59. The number of allylic oxidation sites excluding steroid dienone is 4. The zero-order chi connectivity index (χ0) is 9.66. The average molecular weight is 168 g/mol. The molecular weight excluding hydrogens is 152 g/mol. The van der Waals surface area contributed by atoms with E-state index in [1.807, 2.05) is 26.0 Å². The van der Waals surface area contributed by atoms with Crippen molar-refractivity contribution in [2.45, 2.75) is 26.7 Å². The quantitative estimate of drug-likeness (QED) is 0.477. The number of hydrogen-bond acceptors (Lipinski definition) is 2. The lowest BCUT2D eigenvalue weighted by Crippen LogP contribution is -1.55. The zero-order valence-electron chi connectivity index (χ0n) is 7.69. The Morgan fingerprint density at radius 2 is 1.17 bits per heavy atom. The van der Waals surface area contributed by atoms with Gasteiger partial charge in [0.15, 0.2) is 0 Å². The maximum atomic E-state index is 9.48. The lowest BCUT2D eigenvalue weighted by atomic mass is 10.4. The minimum atomic E-state index is 0.781. The molecule has 0 bridgehead atoms. The molecule has 0 fully saturated rings. The van der Waals surface area contributed by atoms with Gasteiger partial charge >= 0.3 is 0 Å². The van der Waals surface area contributed by atoms with Crippen LogP contribution in [0.4, 0.5) is 0 Å². The van der Waals surface area contributed by atoms with Crippen LogP contribution in [0.3, 0.4) is 0 Å². The molecule has 0 amide bonds. The summed E-state index contributed by atoms with van der Waals surface area (Å²) in [7, 11) is 0. The minimum absolute atomic E-state index is 0.781. The number of aldehydes is 2. The van der Waals surface area contributed by atoms with Gasteiger partial charge < -0.3 is 0 Å². The fourth-order valence-corrected chi connectivity index (χ4v) is 0.383. The maximum Gasteiger partial charge on any atom is 0.142 e. The van der Waals surface area contributed by atoms with E-state index in [1.165, 1.54) is 12.2 Å². The van der Waals surface area contributed by atoms with Gasteiger partial charge in [-0.3, -0.25) is 9.59 Å². The minimum Gasteiger partial charge on any atom is -0.299 e. The molecule has 2 nitrogen and oxygen atoms in total. The summed E-state index contributed by atoms with van der Waals surface area (Å²) in [5.74, 6) is 0. The Hall–Kier alpha value is -1.18. The summed E-state index contributed by atoms with van der Waals surface area (Å²) in [6, 6.07) is 0. The number of rotatable bonds is 4. The lowest BCUT2D eigenvalue weighted by molar-refractivity contribution is -0.104. The molecule has 0 N–H and O–H groups in total. The molecule has 0 heterocycles. The summed E-state index contributed by atoms with van der Waals surface area (Å²) >= 11 is 0. The molecule has 0 unspecified atom stereocenters. The van der Waals surface area contributed by atoms with E-state index in [9.17, 15) is 9.59 Å². The zero-order valence-corrected chi connectivity index (χ0v) is 7.69. The van der Waals surface area contributed by atoms with Gasteiger partial charge in [-0.05, 0) is 25.0 Å². The normalized spacial score (nSPS) is 9.50. The Kier molecular flexibility index (Phi) is 18.4. The van der Waals surface area contributed by atoms with E-state index in [1.54, 1.807) is 0 Å². The van der Waals surface area contributed by atoms with Crippen molar-refractivity contribution >= 4 is 12.6 Å². The molecule has 0 rings (SSSR count). The van der Waals surface area contributed by atoms with Gasteiger partial charge in [-0.25, -0.2) is 0 Å². The van der Waals surface area contributed by atoms with Crippen LogP contribution in [0.1, 0.15) is 26.7 Å². The molecule has 0 aromatic heterocycles. The topological polar surface area (TPSA) is 34.1 Å². The van der Waals surface area contributed by atoms with E-state index in [2.05, 4.69) is 0 Å². The van der Waals surface area contributed by atoms with Crippen LogP contribution >= 0.6 is 0 Å². The number of carbonyl (C=O) groups is 2. The first-order valence-corrected chi connectivity index (χ1v) is 4.04. The molecule has 0 aliphatic carbocycles. The second kappa shape index (κ2) is 16.4. The SMILES string of the molecule is CCC=CC=O.CCC=CC=O. The molecule has 0 aromatic carbocycles. The van der Waals surface area contributed by atoms with E-state index in [0.29, 0.717) is 0 Å². The highest BCUT2D eigenvalue weighted by Crippen LogP contribution is 1.73. The second-order valence-corrected chi connectivity index (χ2v) is 1.94. The van der Waals surface area contributed by atoms with Crippen LogP contribution in [0, 0.1) is 0 Å². The van der Waals surface area contributed by atoms with Crippen LogP contribution in [0.25, 0.3) is 0 Å². The van der Waals surface area contributed by atoms with Crippen molar-refractivity contribution in [3.8, 4) is 0 Å². The van der Waals surface area contributed by atoms with Crippen LogP contribution < -0.4 is 0 Å². The Morgan fingerprint density at radius 3 is 1.25 bits per heavy atom. The van der Waals surface area contributed by atoms with Gasteiger partial charge in [-0.1, -0.05) is 26.0 Å². The van der Waals surface area contributed by atoms with E-state index >= 15 is 0 Å². The van der Waals surface area contributed by atoms with Gasteiger partial charge in [0, 0.05) is 0 Å². The van der Waals surface area contributed by atoms with Crippen LogP contribution in [0.15, 0.2) is 24.3 Å². The summed E-state index contributed by atoms with van der Waals surface area (Å²) < 4.78 is 0. The van der Waals surface area contributed by atoms with Crippen LogP contribution in [0.5, 0.6) is 0 Å². The highest BCUT2D eigenvalue weighted by atomic mass is 16.1. The summed E-state index contributed by atoms with van der Waals surface area (Å²) in [6.45, 7) is 3.97. The van der Waals surface area contributed by atoms with Gasteiger partial charge in [0.05, 0.1) is 0 Å². The number of hydrogen-bond donors (Lipinski definition) is 0. The van der Waals surface area contributed by atoms with Crippen molar-refractivity contribution in [1.82, 2.24) is 0 Å².